The molecule has 0 fully saturated rings. The van der Waals surface area contributed by atoms with E-state index in [0.29, 0.717) is 28.7 Å². The average molecular weight is 438 g/mol. The molecule has 1 amide bonds. The number of hydrogen-bond donors (Lipinski definition) is 1. The van der Waals surface area contributed by atoms with Gasteiger partial charge in [0.25, 0.3) is 11.5 Å². The fourth-order valence-electron chi connectivity index (χ4n) is 3.59. The zero-order chi connectivity index (χ0) is 21.9. The Balaban J connectivity index is 1.49. The number of amides is 1. The summed E-state index contributed by atoms with van der Waals surface area (Å²) in [7, 11) is 0. The van der Waals surface area contributed by atoms with Gasteiger partial charge in [0.2, 0.25) is 0 Å². The Morgan fingerprint density at radius 2 is 1.56 bits per heavy atom. The second-order valence-corrected chi connectivity index (χ2v) is 8.36. The molecule has 5 rings (SSSR count). The third-order valence-corrected chi connectivity index (χ3v) is 6.10. The van der Waals surface area contributed by atoms with Gasteiger partial charge in [0, 0.05) is 16.9 Å². The summed E-state index contributed by atoms with van der Waals surface area (Å²) in [6, 6.07) is 28.4. The van der Waals surface area contributed by atoms with Gasteiger partial charge in [-0.2, -0.15) is 0 Å². The van der Waals surface area contributed by atoms with Crippen molar-refractivity contribution in [2.45, 2.75) is 6.42 Å². The van der Waals surface area contributed by atoms with E-state index < -0.39 is 0 Å². The van der Waals surface area contributed by atoms with Crippen LogP contribution in [0.1, 0.15) is 21.1 Å². The normalized spacial score (nSPS) is 10.9. The summed E-state index contributed by atoms with van der Waals surface area (Å²) in [6.07, 6.45) is 0.449. The fraction of sp³-hybridized carbons (Fsp3) is 0.0385. The molecule has 0 aliphatic carbocycles. The van der Waals surface area contributed by atoms with Gasteiger partial charge in [0.05, 0.1) is 10.9 Å². The van der Waals surface area contributed by atoms with E-state index in [9.17, 15) is 9.59 Å². The standard InChI is InChI=1S/C26H19N3O2S/c30-25(20-14-12-19(13-15-20)18-7-2-1-3-8-18)28-29-24(17-21-9-6-16-32-21)27-23-11-5-4-10-22(23)26(29)31/h1-16H,17H2,(H,28,30). The maximum Gasteiger partial charge on any atom is 0.280 e. The van der Waals surface area contributed by atoms with Crippen molar-refractivity contribution in [1.82, 2.24) is 9.66 Å². The molecule has 0 saturated carbocycles. The van der Waals surface area contributed by atoms with E-state index in [1.807, 2.05) is 72.1 Å². The first-order chi connectivity index (χ1) is 15.7. The van der Waals surface area contributed by atoms with Crippen LogP contribution < -0.4 is 11.0 Å². The highest BCUT2D eigenvalue weighted by molar-refractivity contribution is 7.09. The Hall–Kier alpha value is -4.03. The summed E-state index contributed by atoms with van der Waals surface area (Å²) < 4.78 is 1.27. The lowest BCUT2D eigenvalue weighted by molar-refractivity contribution is 0.101. The molecule has 2 heterocycles. The van der Waals surface area contributed by atoms with E-state index in [2.05, 4.69) is 10.4 Å². The van der Waals surface area contributed by atoms with Gasteiger partial charge in [-0.05, 0) is 46.8 Å². The van der Waals surface area contributed by atoms with E-state index in [1.54, 1.807) is 35.6 Å². The van der Waals surface area contributed by atoms with Gasteiger partial charge in [-0.25, -0.2) is 9.66 Å². The predicted molar refractivity (Wildman–Crippen MR) is 129 cm³/mol. The van der Waals surface area contributed by atoms with Crippen molar-refractivity contribution in [3.8, 4) is 11.1 Å². The molecule has 6 heteroatoms. The molecule has 0 radical (unpaired) electrons. The summed E-state index contributed by atoms with van der Waals surface area (Å²) in [6.45, 7) is 0. The molecule has 0 aliphatic rings. The number of para-hydroxylation sites is 1. The third kappa shape index (κ3) is 3.96. The van der Waals surface area contributed by atoms with Gasteiger partial charge in [0.1, 0.15) is 5.82 Å². The molecule has 156 valence electrons. The molecular weight excluding hydrogens is 418 g/mol. The highest BCUT2D eigenvalue weighted by Gasteiger charge is 2.15. The molecule has 0 bridgehead atoms. The Kier molecular flexibility index (Phi) is 5.35. The Morgan fingerprint density at radius 3 is 2.31 bits per heavy atom. The third-order valence-electron chi connectivity index (χ3n) is 5.23. The Labute approximate surface area is 188 Å². The fourth-order valence-corrected chi connectivity index (χ4v) is 4.29. The second kappa shape index (κ2) is 8.61. The van der Waals surface area contributed by atoms with Gasteiger partial charge >= 0.3 is 0 Å². The van der Waals surface area contributed by atoms with Gasteiger partial charge in [0.15, 0.2) is 0 Å². The van der Waals surface area contributed by atoms with Crippen LogP contribution in [0.25, 0.3) is 22.0 Å². The molecule has 0 unspecified atom stereocenters. The second-order valence-electron chi connectivity index (χ2n) is 7.33. The highest BCUT2D eigenvalue weighted by atomic mass is 32.1. The first kappa shape index (κ1) is 19.9. The van der Waals surface area contributed by atoms with E-state index >= 15 is 0 Å². The largest absolute Gasteiger partial charge is 0.280 e. The lowest BCUT2D eigenvalue weighted by Gasteiger charge is -2.14. The van der Waals surface area contributed by atoms with Crippen LogP contribution in [-0.4, -0.2) is 15.6 Å². The summed E-state index contributed by atoms with van der Waals surface area (Å²) in [5.74, 6) is 0.127. The minimum atomic E-state index is -0.365. The lowest BCUT2D eigenvalue weighted by Crippen LogP contribution is -2.36. The molecule has 0 saturated heterocycles. The van der Waals surface area contributed by atoms with Crippen molar-refractivity contribution in [2.24, 2.45) is 0 Å². The Bertz CT molecular complexity index is 1440. The number of carbonyl (C=O) groups excluding carboxylic acids is 1. The molecule has 32 heavy (non-hydrogen) atoms. The van der Waals surface area contributed by atoms with Crippen LogP contribution in [0.3, 0.4) is 0 Å². The number of aromatic nitrogens is 2. The number of carbonyl (C=O) groups is 1. The Morgan fingerprint density at radius 1 is 0.844 bits per heavy atom. The molecule has 2 aromatic heterocycles. The maximum absolute atomic E-state index is 13.2. The van der Waals surface area contributed by atoms with E-state index in [-0.39, 0.29) is 11.5 Å². The van der Waals surface area contributed by atoms with E-state index in [0.717, 1.165) is 16.0 Å². The molecule has 0 atom stereocenters. The van der Waals surface area contributed by atoms with E-state index in [1.165, 1.54) is 4.68 Å². The van der Waals surface area contributed by atoms with Crippen LogP contribution in [0, 0.1) is 0 Å². The van der Waals surface area contributed by atoms with Crippen LogP contribution in [-0.2, 0) is 6.42 Å². The molecular formula is C26H19N3O2S. The van der Waals surface area contributed by atoms with Gasteiger partial charge in [-0.15, -0.1) is 11.3 Å². The van der Waals surface area contributed by atoms with Gasteiger partial charge < -0.3 is 0 Å². The number of fused-ring (bicyclic) bond motifs is 1. The van der Waals surface area contributed by atoms with Gasteiger partial charge in [-0.3, -0.25) is 15.0 Å². The first-order valence-corrected chi connectivity index (χ1v) is 11.1. The number of hydrogen-bond acceptors (Lipinski definition) is 4. The summed E-state index contributed by atoms with van der Waals surface area (Å²) in [5.41, 5.74) is 5.64. The van der Waals surface area contributed by atoms with E-state index in [4.69, 9.17) is 0 Å². The van der Waals surface area contributed by atoms with Crippen LogP contribution in [0.5, 0.6) is 0 Å². The topological polar surface area (TPSA) is 64.0 Å². The van der Waals surface area contributed by atoms with Crippen LogP contribution in [0.4, 0.5) is 0 Å². The quantitative estimate of drug-likeness (QED) is 0.416. The monoisotopic (exact) mass is 437 g/mol. The zero-order valence-corrected chi connectivity index (χ0v) is 17.9. The number of nitrogens with one attached hydrogen (secondary N) is 1. The molecule has 3 aromatic carbocycles. The number of thiophene rings is 1. The number of nitrogens with zero attached hydrogens (tertiary/aromatic N) is 2. The van der Waals surface area contributed by atoms with Crippen LogP contribution >= 0.6 is 11.3 Å². The predicted octanol–water partition coefficient (Wildman–Crippen LogP) is 5.10. The molecule has 5 aromatic rings. The van der Waals surface area contributed by atoms with Crippen molar-refractivity contribution in [2.75, 3.05) is 5.43 Å². The summed E-state index contributed by atoms with van der Waals surface area (Å²) >= 11 is 1.58. The van der Waals surface area contributed by atoms with Crippen molar-refractivity contribution in [3.63, 3.8) is 0 Å². The highest BCUT2D eigenvalue weighted by Crippen LogP contribution is 2.20. The van der Waals surface area contributed by atoms with Crippen molar-refractivity contribution in [1.29, 1.82) is 0 Å². The molecule has 0 spiro atoms. The number of benzene rings is 3. The lowest BCUT2D eigenvalue weighted by atomic mass is 10.0. The zero-order valence-electron chi connectivity index (χ0n) is 17.1. The minimum Gasteiger partial charge on any atom is -0.267 e. The molecule has 1 N–H and O–H groups in total. The van der Waals surface area contributed by atoms with Crippen molar-refractivity contribution >= 4 is 28.1 Å². The van der Waals surface area contributed by atoms with Gasteiger partial charge in [-0.1, -0.05) is 60.7 Å². The summed E-state index contributed by atoms with van der Waals surface area (Å²) in [4.78, 5) is 31.9. The van der Waals surface area contributed by atoms with Crippen molar-refractivity contribution in [3.05, 3.63) is 123 Å². The molecule has 5 nitrogen and oxygen atoms in total. The smallest absolute Gasteiger partial charge is 0.267 e. The first-order valence-electron chi connectivity index (χ1n) is 10.2. The van der Waals surface area contributed by atoms with Crippen LogP contribution in [0.15, 0.2) is 101 Å². The molecule has 0 aliphatic heterocycles. The maximum atomic E-state index is 13.2. The van der Waals surface area contributed by atoms with Crippen LogP contribution in [0.2, 0.25) is 0 Å². The SMILES string of the molecule is O=C(Nn1c(Cc2cccs2)nc2ccccc2c1=O)c1ccc(-c2ccccc2)cc1. The number of rotatable bonds is 5. The minimum absolute atomic E-state index is 0.295. The summed E-state index contributed by atoms with van der Waals surface area (Å²) in [5, 5.41) is 2.44. The van der Waals surface area contributed by atoms with Crippen molar-refractivity contribution < 1.29 is 4.79 Å². The average Bonchev–Trinajstić information content (AvgIpc) is 3.35.